The molecule has 2 atom stereocenters. The van der Waals surface area contributed by atoms with Crippen LogP contribution in [0.2, 0.25) is 0 Å². The predicted octanol–water partition coefficient (Wildman–Crippen LogP) is 5.90. The Morgan fingerprint density at radius 2 is 2.00 bits per heavy atom. The van der Waals surface area contributed by atoms with Gasteiger partial charge in [-0.05, 0) is 43.0 Å². The van der Waals surface area contributed by atoms with Crippen LogP contribution in [0.1, 0.15) is 48.3 Å². The number of hydrogen-bond donors (Lipinski definition) is 0. The summed E-state index contributed by atoms with van der Waals surface area (Å²) < 4.78 is 11.2. The van der Waals surface area contributed by atoms with Gasteiger partial charge in [0, 0.05) is 30.1 Å². The van der Waals surface area contributed by atoms with E-state index in [0.29, 0.717) is 11.1 Å². The van der Waals surface area contributed by atoms with Gasteiger partial charge in [0.25, 0.3) is 10.9 Å². The molecule has 0 spiro atoms. The first-order valence-electron chi connectivity index (χ1n) is 9.31. The molecular weight excluding hydrogens is 390 g/mol. The standard InChI is InChI=1S/C21H23N3O4S/c1-5-19(16-7-6-8-17(12-16)24(25)26)29-21-23-22-20(28-21)18-10-9-15(11-13(18)2)14(3)27-4/h6-12,14,19H,5H2,1-4H3. The van der Waals surface area contributed by atoms with E-state index in [9.17, 15) is 10.1 Å². The number of rotatable bonds is 8. The third-order valence-electron chi connectivity index (χ3n) is 4.78. The summed E-state index contributed by atoms with van der Waals surface area (Å²) in [5, 5.41) is 19.8. The molecule has 7 nitrogen and oxygen atoms in total. The van der Waals surface area contributed by atoms with E-state index in [1.165, 1.54) is 17.8 Å². The van der Waals surface area contributed by atoms with Crippen molar-refractivity contribution < 1.29 is 14.1 Å². The number of hydrogen-bond acceptors (Lipinski definition) is 7. The van der Waals surface area contributed by atoms with Crippen LogP contribution in [-0.4, -0.2) is 22.2 Å². The third kappa shape index (κ3) is 4.83. The van der Waals surface area contributed by atoms with Gasteiger partial charge >= 0.3 is 0 Å². The van der Waals surface area contributed by atoms with Gasteiger partial charge in [0.1, 0.15) is 0 Å². The van der Waals surface area contributed by atoms with E-state index in [2.05, 4.69) is 16.3 Å². The molecule has 1 aromatic heterocycles. The number of methoxy groups -OCH3 is 1. The molecule has 0 aliphatic heterocycles. The molecule has 29 heavy (non-hydrogen) atoms. The molecule has 152 valence electrons. The van der Waals surface area contributed by atoms with Crippen molar-refractivity contribution in [2.75, 3.05) is 7.11 Å². The van der Waals surface area contributed by atoms with Crippen LogP contribution < -0.4 is 0 Å². The van der Waals surface area contributed by atoms with Gasteiger partial charge in [-0.15, -0.1) is 10.2 Å². The molecule has 0 saturated heterocycles. The zero-order valence-corrected chi connectivity index (χ0v) is 17.6. The zero-order valence-electron chi connectivity index (χ0n) is 16.8. The van der Waals surface area contributed by atoms with Gasteiger partial charge in [-0.2, -0.15) is 0 Å². The van der Waals surface area contributed by atoms with Crippen molar-refractivity contribution in [3.8, 4) is 11.5 Å². The molecule has 0 N–H and O–H groups in total. The minimum Gasteiger partial charge on any atom is -0.411 e. The summed E-state index contributed by atoms with van der Waals surface area (Å²) in [7, 11) is 1.68. The molecule has 0 amide bonds. The van der Waals surface area contributed by atoms with Gasteiger partial charge in [-0.3, -0.25) is 10.1 Å². The molecule has 3 rings (SSSR count). The molecule has 0 radical (unpaired) electrons. The van der Waals surface area contributed by atoms with E-state index in [4.69, 9.17) is 9.15 Å². The van der Waals surface area contributed by atoms with Crippen LogP contribution in [0.15, 0.2) is 52.1 Å². The van der Waals surface area contributed by atoms with Crippen LogP contribution in [0, 0.1) is 17.0 Å². The molecule has 0 aliphatic rings. The maximum atomic E-state index is 11.0. The molecule has 3 aromatic rings. The maximum absolute atomic E-state index is 11.0. The first-order valence-corrected chi connectivity index (χ1v) is 10.2. The Morgan fingerprint density at radius 3 is 2.66 bits per heavy atom. The van der Waals surface area contributed by atoms with Gasteiger partial charge in [0.2, 0.25) is 5.89 Å². The maximum Gasteiger partial charge on any atom is 0.277 e. The third-order valence-corrected chi connectivity index (χ3v) is 6.03. The van der Waals surface area contributed by atoms with Crippen LogP contribution in [0.3, 0.4) is 0 Å². The van der Waals surface area contributed by atoms with E-state index in [1.807, 2.05) is 39.0 Å². The lowest BCUT2D eigenvalue weighted by molar-refractivity contribution is -0.384. The molecule has 0 bridgehead atoms. The minimum absolute atomic E-state index is 0.0109. The van der Waals surface area contributed by atoms with Crippen molar-refractivity contribution in [3.63, 3.8) is 0 Å². The lowest BCUT2D eigenvalue weighted by atomic mass is 10.0. The number of thioether (sulfide) groups is 1. The molecule has 1 heterocycles. The molecule has 2 unspecified atom stereocenters. The number of aromatic nitrogens is 2. The highest BCUT2D eigenvalue weighted by Crippen LogP contribution is 2.39. The van der Waals surface area contributed by atoms with Crippen molar-refractivity contribution in [2.45, 2.75) is 43.8 Å². The van der Waals surface area contributed by atoms with E-state index in [0.717, 1.165) is 28.7 Å². The lowest BCUT2D eigenvalue weighted by Crippen LogP contribution is -1.96. The highest BCUT2D eigenvalue weighted by Gasteiger charge is 2.19. The number of ether oxygens (including phenoxy) is 1. The SMILES string of the molecule is CCC(Sc1nnc(-c2ccc(C(C)OC)cc2C)o1)c1cccc([N+](=O)[O-])c1. The first kappa shape index (κ1) is 21.0. The Labute approximate surface area is 173 Å². The molecule has 0 saturated carbocycles. The smallest absolute Gasteiger partial charge is 0.277 e. The fourth-order valence-electron chi connectivity index (χ4n) is 3.03. The summed E-state index contributed by atoms with van der Waals surface area (Å²) >= 11 is 1.41. The van der Waals surface area contributed by atoms with Gasteiger partial charge < -0.3 is 9.15 Å². The topological polar surface area (TPSA) is 91.3 Å². The number of nitro groups is 1. The summed E-state index contributed by atoms with van der Waals surface area (Å²) in [6.45, 7) is 6.01. The van der Waals surface area contributed by atoms with E-state index >= 15 is 0 Å². The van der Waals surface area contributed by atoms with Crippen LogP contribution in [0.4, 0.5) is 5.69 Å². The second-order valence-corrected chi connectivity index (χ2v) is 7.85. The van der Waals surface area contributed by atoms with Crippen LogP contribution in [-0.2, 0) is 4.74 Å². The summed E-state index contributed by atoms with van der Waals surface area (Å²) in [5.41, 5.74) is 3.92. The molecule has 8 heteroatoms. The van der Waals surface area contributed by atoms with Crippen molar-refractivity contribution in [2.24, 2.45) is 0 Å². The highest BCUT2D eigenvalue weighted by molar-refractivity contribution is 7.99. The van der Waals surface area contributed by atoms with Gasteiger partial charge in [0.05, 0.1) is 11.0 Å². The highest BCUT2D eigenvalue weighted by atomic mass is 32.2. The second kappa shape index (κ2) is 9.19. The Kier molecular flexibility index (Phi) is 6.66. The van der Waals surface area contributed by atoms with Crippen LogP contribution in [0.5, 0.6) is 0 Å². The van der Waals surface area contributed by atoms with Crippen molar-refractivity contribution in [1.82, 2.24) is 10.2 Å². The average molecular weight is 413 g/mol. The van der Waals surface area contributed by atoms with E-state index in [-0.39, 0.29) is 22.0 Å². The van der Waals surface area contributed by atoms with Gasteiger partial charge in [-0.1, -0.05) is 43.0 Å². The summed E-state index contributed by atoms with van der Waals surface area (Å²) in [4.78, 5) is 10.7. The number of nitrogens with zero attached hydrogens (tertiary/aromatic N) is 3. The average Bonchev–Trinajstić information content (AvgIpc) is 3.19. The predicted molar refractivity (Wildman–Crippen MR) is 112 cm³/mol. The second-order valence-electron chi connectivity index (χ2n) is 6.69. The Morgan fingerprint density at radius 1 is 1.21 bits per heavy atom. The zero-order chi connectivity index (χ0) is 21.0. The Hall–Kier alpha value is -2.71. The summed E-state index contributed by atoms with van der Waals surface area (Å²) in [6, 6.07) is 12.7. The summed E-state index contributed by atoms with van der Waals surface area (Å²) in [6.07, 6.45) is 0.781. The Balaban J connectivity index is 1.81. The number of benzene rings is 2. The van der Waals surface area contributed by atoms with Crippen molar-refractivity contribution in [1.29, 1.82) is 0 Å². The fourth-order valence-corrected chi connectivity index (χ4v) is 3.94. The lowest BCUT2D eigenvalue weighted by Gasteiger charge is -2.12. The van der Waals surface area contributed by atoms with Gasteiger partial charge in [-0.25, -0.2) is 0 Å². The largest absolute Gasteiger partial charge is 0.411 e. The van der Waals surface area contributed by atoms with Gasteiger partial charge in [0.15, 0.2) is 0 Å². The summed E-state index contributed by atoms with van der Waals surface area (Å²) in [5.74, 6) is 0.454. The molecule has 0 aliphatic carbocycles. The number of nitro benzene ring substituents is 1. The monoisotopic (exact) mass is 413 g/mol. The minimum atomic E-state index is -0.386. The van der Waals surface area contributed by atoms with Crippen molar-refractivity contribution in [3.05, 3.63) is 69.3 Å². The number of aryl methyl sites for hydroxylation is 1. The quantitative estimate of drug-likeness (QED) is 0.258. The van der Waals surface area contributed by atoms with Crippen molar-refractivity contribution >= 4 is 17.4 Å². The van der Waals surface area contributed by atoms with Crippen LogP contribution in [0.25, 0.3) is 11.5 Å². The molecule has 0 fully saturated rings. The molecular formula is C21H23N3O4S. The molecule has 2 aromatic carbocycles. The first-order chi connectivity index (χ1) is 13.9. The fraction of sp³-hybridized carbons (Fsp3) is 0.333. The van der Waals surface area contributed by atoms with E-state index in [1.54, 1.807) is 19.2 Å². The normalized spacial score (nSPS) is 13.2. The number of non-ortho nitro benzene ring substituents is 1. The van der Waals surface area contributed by atoms with E-state index < -0.39 is 0 Å². The van der Waals surface area contributed by atoms with Crippen LogP contribution >= 0.6 is 11.8 Å². The Bertz CT molecular complexity index is 1010.